The minimum absolute atomic E-state index is 0.209. The highest BCUT2D eigenvalue weighted by molar-refractivity contribution is 5.55. The van der Waals surface area contributed by atoms with Crippen LogP contribution >= 0.6 is 0 Å². The Morgan fingerprint density at radius 3 is 2.54 bits per heavy atom. The van der Waals surface area contributed by atoms with Gasteiger partial charge in [0, 0.05) is 36.6 Å². The first-order valence-electron chi connectivity index (χ1n) is 8.28. The van der Waals surface area contributed by atoms with Crippen LogP contribution in [0.4, 0.5) is 24.7 Å². The molecule has 26 heavy (non-hydrogen) atoms. The van der Waals surface area contributed by atoms with E-state index in [9.17, 15) is 13.2 Å². The molecule has 0 saturated carbocycles. The first-order chi connectivity index (χ1) is 12.4. The molecule has 136 valence electrons. The van der Waals surface area contributed by atoms with E-state index in [2.05, 4.69) is 15.3 Å². The Balaban J connectivity index is 1.67. The summed E-state index contributed by atoms with van der Waals surface area (Å²) in [4.78, 5) is 10.1. The Kier molecular flexibility index (Phi) is 4.98. The van der Waals surface area contributed by atoms with Gasteiger partial charge in [0.2, 0.25) is 0 Å². The molecule has 1 N–H and O–H groups in total. The normalized spacial score (nSPS) is 15.6. The van der Waals surface area contributed by atoms with Crippen LogP contribution in [0.3, 0.4) is 0 Å². The summed E-state index contributed by atoms with van der Waals surface area (Å²) in [5.41, 5.74) is 0.135. The van der Waals surface area contributed by atoms with Crippen molar-refractivity contribution in [3.63, 3.8) is 0 Å². The van der Waals surface area contributed by atoms with Crippen molar-refractivity contribution >= 4 is 11.5 Å². The number of aryl methyl sites for hydroxylation is 1. The molecular formula is C18H18F3N5. The number of nitrogens with zero attached hydrogens (tertiary/aromatic N) is 4. The number of rotatable bonds is 3. The molecule has 0 aliphatic carbocycles. The van der Waals surface area contributed by atoms with Crippen molar-refractivity contribution in [1.82, 2.24) is 9.97 Å². The predicted molar refractivity (Wildman–Crippen MR) is 91.8 cm³/mol. The van der Waals surface area contributed by atoms with Crippen molar-refractivity contribution in [2.75, 3.05) is 23.3 Å². The summed E-state index contributed by atoms with van der Waals surface area (Å²) in [5.74, 6) is 0.758. The van der Waals surface area contributed by atoms with E-state index in [4.69, 9.17) is 5.26 Å². The van der Waals surface area contributed by atoms with E-state index in [0.717, 1.165) is 30.4 Å². The summed E-state index contributed by atoms with van der Waals surface area (Å²) in [5, 5.41) is 12.2. The van der Waals surface area contributed by atoms with Crippen molar-refractivity contribution in [2.45, 2.75) is 32.0 Å². The zero-order chi connectivity index (χ0) is 18.7. The second kappa shape index (κ2) is 7.20. The molecule has 1 aliphatic rings. The summed E-state index contributed by atoms with van der Waals surface area (Å²) in [6.07, 6.45) is -1.47. The molecule has 1 aliphatic heterocycles. The van der Waals surface area contributed by atoms with E-state index in [1.165, 1.54) is 12.4 Å². The third-order valence-corrected chi connectivity index (χ3v) is 4.44. The number of hydrogen-bond donors (Lipinski definition) is 1. The summed E-state index contributed by atoms with van der Waals surface area (Å²) >= 11 is 0. The molecule has 1 saturated heterocycles. The zero-order valence-corrected chi connectivity index (χ0v) is 14.2. The summed E-state index contributed by atoms with van der Waals surface area (Å²) in [6, 6.07) is 7.57. The Bertz CT molecular complexity index is 820. The number of piperidine rings is 1. The molecule has 5 nitrogen and oxygen atoms in total. The van der Waals surface area contributed by atoms with Crippen LogP contribution in [0.2, 0.25) is 0 Å². The number of halogens is 3. The molecule has 8 heteroatoms. The number of hydrogen-bond acceptors (Lipinski definition) is 5. The highest BCUT2D eigenvalue weighted by Gasteiger charge is 2.34. The second-order valence-corrected chi connectivity index (χ2v) is 6.29. The minimum atomic E-state index is -4.54. The van der Waals surface area contributed by atoms with Crippen molar-refractivity contribution in [2.24, 2.45) is 0 Å². The average molecular weight is 361 g/mol. The van der Waals surface area contributed by atoms with Gasteiger partial charge in [0.25, 0.3) is 0 Å². The molecule has 0 radical (unpaired) electrons. The van der Waals surface area contributed by atoms with Crippen LogP contribution in [0, 0.1) is 18.3 Å². The molecule has 1 aromatic heterocycles. The first-order valence-corrected chi connectivity index (χ1v) is 8.28. The van der Waals surface area contributed by atoms with Crippen LogP contribution in [0.5, 0.6) is 0 Å². The van der Waals surface area contributed by atoms with Crippen LogP contribution in [0.1, 0.15) is 29.7 Å². The van der Waals surface area contributed by atoms with E-state index >= 15 is 0 Å². The van der Waals surface area contributed by atoms with Gasteiger partial charge >= 0.3 is 6.18 Å². The molecule has 0 unspecified atom stereocenters. The maximum Gasteiger partial charge on any atom is 0.417 e. The first kappa shape index (κ1) is 18.0. The van der Waals surface area contributed by atoms with Crippen molar-refractivity contribution in [1.29, 1.82) is 5.26 Å². The standard InChI is InChI=1S/C18H18F3N5/c1-12-8-17(24-11-23-12)25-14-4-6-26(7-5-14)15-3-2-13(10-22)16(9-15)18(19,20)21/h2-3,8-9,11,14H,4-7H2,1H3,(H,23,24,25). The number of anilines is 2. The molecule has 3 rings (SSSR count). The van der Waals surface area contributed by atoms with E-state index in [1.807, 2.05) is 17.9 Å². The lowest BCUT2D eigenvalue weighted by Crippen LogP contribution is -2.39. The van der Waals surface area contributed by atoms with Gasteiger partial charge in [-0.1, -0.05) is 0 Å². The van der Waals surface area contributed by atoms with Crippen LogP contribution in [0.25, 0.3) is 0 Å². The number of nitriles is 1. The lowest BCUT2D eigenvalue weighted by atomic mass is 10.0. The predicted octanol–water partition coefficient (Wildman–Crippen LogP) is 3.76. The molecule has 1 aromatic carbocycles. The van der Waals surface area contributed by atoms with Gasteiger partial charge in [-0.15, -0.1) is 0 Å². The fourth-order valence-corrected chi connectivity index (χ4v) is 3.09. The van der Waals surface area contributed by atoms with Crippen LogP contribution in [0.15, 0.2) is 30.6 Å². The Hall–Kier alpha value is -2.82. The maximum absolute atomic E-state index is 13.1. The fourth-order valence-electron chi connectivity index (χ4n) is 3.09. The number of aromatic nitrogens is 2. The summed E-state index contributed by atoms with van der Waals surface area (Å²) in [7, 11) is 0. The molecule has 2 aromatic rings. The maximum atomic E-state index is 13.1. The molecule has 2 heterocycles. The third-order valence-electron chi connectivity index (χ3n) is 4.44. The number of alkyl halides is 3. The van der Waals surface area contributed by atoms with Crippen molar-refractivity contribution in [3.05, 3.63) is 47.4 Å². The third kappa shape index (κ3) is 4.04. The summed E-state index contributed by atoms with van der Waals surface area (Å²) < 4.78 is 39.4. The molecule has 0 atom stereocenters. The van der Waals surface area contributed by atoms with Gasteiger partial charge in [-0.3, -0.25) is 0 Å². The summed E-state index contributed by atoms with van der Waals surface area (Å²) in [6.45, 7) is 3.15. The van der Waals surface area contributed by atoms with Gasteiger partial charge in [-0.2, -0.15) is 18.4 Å². The topological polar surface area (TPSA) is 64.8 Å². The fraction of sp³-hybridized carbons (Fsp3) is 0.389. The SMILES string of the molecule is Cc1cc(NC2CCN(c3ccc(C#N)c(C(F)(F)F)c3)CC2)ncn1. The van der Waals surface area contributed by atoms with Crippen molar-refractivity contribution < 1.29 is 13.2 Å². The van der Waals surface area contributed by atoms with E-state index in [-0.39, 0.29) is 11.6 Å². The quantitative estimate of drug-likeness (QED) is 0.902. The van der Waals surface area contributed by atoms with E-state index in [1.54, 1.807) is 12.1 Å². The molecular weight excluding hydrogens is 343 g/mol. The van der Waals surface area contributed by atoms with E-state index in [0.29, 0.717) is 18.8 Å². The van der Waals surface area contributed by atoms with Gasteiger partial charge in [-0.05, 0) is 38.0 Å². The lowest BCUT2D eigenvalue weighted by molar-refractivity contribution is -0.137. The van der Waals surface area contributed by atoms with Gasteiger partial charge in [-0.25, -0.2) is 9.97 Å². The molecule has 0 spiro atoms. The van der Waals surface area contributed by atoms with Crippen LogP contribution in [-0.2, 0) is 6.18 Å². The molecule has 0 bridgehead atoms. The Labute approximate surface area is 149 Å². The second-order valence-electron chi connectivity index (χ2n) is 6.29. The van der Waals surface area contributed by atoms with Gasteiger partial charge in [0.15, 0.2) is 0 Å². The largest absolute Gasteiger partial charge is 0.417 e. The van der Waals surface area contributed by atoms with Gasteiger partial charge in [0.05, 0.1) is 17.2 Å². The van der Waals surface area contributed by atoms with Gasteiger partial charge < -0.3 is 10.2 Å². The number of benzene rings is 1. The van der Waals surface area contributed by atoms with Crippen LogP contribution in [-0.4, -0.2) is 29.1 Å². The highest BCUT2D eigenvalue weighted by atomic mass is 19.4. The monoisotopic (exact) mass is 361 g/mol. The Morgan fingerprint density at radius 1 is 1.19 bits per heavy atom. The average Bonchev–Trinajstić information content (AvgIpc) is 2.61. The molecule has 1 fully saturated rings. The minimum Gasteiger partial charge on any atom is -0.371 e. The number of nitrogens with one attached hydrogen (secondary N) is 1. The van der Waals surface area contributed by atoms with Gasteiger partial charge in [0.1, 0.15) is 12.1 Å². The highest BCUT2D eigenvalue weighted by Crippen LogP contribution is 2.35. The molecule has 0 amide bonds. The Morgan fingerprint density at radius 2 is 1.92 bits per heavy atom. The zero-order valence-electron chi connectivity index (χ0n) is 14.2. The van der Waals surface area contributed by atoms with Crippen LogP contribution < -0.4 is 10.2 Å². The smallest absolute Gasteiger partial charge is 0.371 e. The van der Waals surface area contributed by atoms with E-state index < -0.39 is 11.7 Å². The van der Waals surface area contributed by atoms with Crippen molar-refractivity contribution in [3.8, 4) is 6.07 Å². The lowest BCUT2D eigenvalue weighted by Gasteiger charge is -2.34.